The Balaban J connectivity index is 2.74. The Morgan fingerprint density at radius 2 is 2.11 bits per heavy atom. The number of hydrogen-bond donors (Lipinski definition) is 0. The Morgan fingerprint density at radius 1 is 1.42 bits per heavy atom. The van der Waals surface area contributed by atoms with Gasteiger partial charge in [0.05, 0.1) is 6.26 Å². The first kappa shape index (κ1) is 14.8. The summed E-state index contributed by atoms with van der Waals surface area (Å²) in [4.78, 5) is 11.2. The molecule has 0 fully saturated rings. The number of hydrogen-bond acceptors (Lipinski definition) is 4. The van der Waals surface area contributed by atoms with Crippen LogP contribution in [0.3, 0.4) is 0 Å². The van der Waals surface area contributed by atoms with Gasteiger partial charge < -0.3 is 9.15 Å². The van der Waals surface area contributed by atoms with Gasteiger partial charge in [-0.1, -0.05) is 0 Å². The lowest BCUT2D eigenvalue weighted by atomic mass is 10.2. The molecule has 19 heavy (non-hydrogen) atoms. The van der Waals surface area contributed by atoms with E-state index in [1.54, 1.807) is 0 Å². The molecule has 0 saturated heterocycles. The van der Waals surface area contributed by atoms with Crippen LogP contribution in [0.15, 0.2) is 28.4 Å². The van der Waals surface area contributed by atoms with E-state index in [1.807, 2.05) is 0 Å². The normalized spacial score (nSPS) is 14.8. The van der Waals surface area contributed by atoms with Crippen LogP contribution in [-0.4, -0.2) is 24.9 Å². The summed E-state index contributed by atoms with van der Waals surface area (Å²) in [5.74, 6) is -1.47. The van der Waals surface area contributed by atoms with Crippen LogP contribution < -0.4 is 0 Å². The summed E-state index contributed by atoms with van der Waals surface area (Å²) in [6.45, 7) is 0. The summed E-state index contributed by atoms with van der Waals surface area (Å²) < 4.78 is 57.5. The van der Waals surface area contributed by atoms with E-state index in [1.165, 1.54) is 24.5 Å². The third-order valence-electron chi connectivity index (χ3n) is 1.88. The number of nitriles is 1. The summed E-state index contributed by atoms with van der Waals surface area (Å²) in [7, 11) is 0. The Bertz CT molecular complexity index is 493. The fourth-order valence-corrected chi connectivity index (χ4v) is 0.998. The molecule has 1 aromatic heterocycles. The van der Waals surface area contributed by atoms with Crippen molar-refractivity contribution in [2.45, 2.75) is 19.0 Å². The fraction of sp³-hybridized carbons (Fsp3) is 0.273. The molecule has 2 unspecified atom stereocenters. The van der Waals surface area contributed by atoms with Gasteiger partial charge in [-0.2, -0.15) is 9.65 Å². The van der Waals surface area contributed by atoms with Crippen molar-refractivity contribution in [3.8, 4) is 6.07 Å². The number of carbonyl (C=O) groups is 1. The molecular formula is C11H7F4NO3. The number of carbonyl (C=O) groups excluding carboxylic acids is 1. The van der Waals surface area contributed by atoms with Gasteiger partial charge >= 0.3 is 5.97 Å². The number of nitrogens with zero attached hydrogens (tertiary/aromatic N) is 1. The summed E-state index contributed by atoms with van der Waals surface area (Å²) in [6.07, 6.45) is -7.90. The highest BCUT2D eigenvalue weighted by Gasteiger charge is 2.33. The molecule has 1 aromatic rings. The molecule has 0 bridgehead atoms. The quantitative estimate of drug-likeness (QED) is 0.359. The molecule has 8 heteroatoms. The van der Waals surface area contributed by atoms with E-state index in [4.69, 9.17) is 9.68 Å². The van der Waals surface area contributed by atoms with E-state index in [2.05, 4.69) is 4.74 Å². The molecule has 0 N–H and O–H groups in total. The lowest BCUT2D eigenvalue weighted by Crippen LogP contribution is -2.30. The number of ether oxygens (including phenoxy) is 1. The van der Waals surface area contributed by atoms with Gasteiger partial charge in [0.2, 0.25) is 6.17 Å². The lowest BCUT2D eigenvalue weighted by Gasteiger charge is -2.12. The monoisotopic (exact) mass is 277 g/mol. The molecule has 0 aliphatic carbocycles. The molecule has 0 aliphatic rings. The Morgan fingerprint density at radius 3 is 2.58 bits per heavy atom. The largest absolute Gasteiger partial charge is 0.465 e. The molecular weight excluding hydrogens is 270 g/mol. The maximum absolute atomic E-state index is 12.8. The number of halogens is 4. The van der Waals surface area contributed by atoms with Gasteiger partial charge in [-0.3, -0.25) is 0 Å². The van der Waals surface area contributed by atoms with E-state index < -0.39 is 30.5 Å². The van der Waals surface area contributed by atoms with Gasteiger partial charge in [-0.05, 0) is 12.1 Å². The predicted molar refractivity (Wildman–Crippen MR) is 54.2 cm³/mol. The molecule has 0 radical (unpaired) electrons. The highest BCUT2D eigenvalue weighted by atomic mass is 19.3. The molecule has 4 nitrogen and oxygen atoms in total. The maximum Gasteiger partial charge on any atom is 0.351 e. The minimum Gasteiger partial charge on any atom is -0.465 e. The standard InChI is InChI=1S/C11H7F4NO3/c12-8(9(13)14)10(15)19-11(17)6(5-16)4-7-2-1-3-18-7/h1-4,8-10H. The van der Waals surface area contributed by atoms with Crippen LogP contribution in [-0.2, 0) is 9.53 Å². The van der Waals surface area contributed by atoms with Crippen LogP contribution in [0.5, 0.6) is 0 Å². The van der Waals surface area contributed by atoms with Crippen molar-refractivity contribution >= 4 is 12.0 Å². The molecule has 0 aliphatic heterocycles. The van der Waals surface area contributed by atoms with Crippen LogP contribution in [0.25, 0.3) is 6.08 Å². The highest BCUT2D eigenvalue weighted by Crippen LogP contribution is 2.16. The zero-order valence-electron chi connectivity index (χ0n) is 9.23. The minimum atomic E-state index is -3.64. The summed E-state index contributed by atoms with van der Waals surface area (Å²) in [5.41, 5.74) is -0.709. The molecule has 0 saturated carbocycles. The first-order valence-electron chi connectivity index (χ1n) is 4.88. The highest BCUT2D eigenvalue weighted by molar-refractivity contribution is 5.97. The summed E-state index contributed by atoms with van der Waals surface area (Å²) >= 11 is 0. The molecule has 0 aromatic carbocycles. The van der Waals surface area contributed by atoms with E-state index >= 15 is 0 Å². The van der Waals surface area contributed by atoms with Gasteiger partial charge in [0.15, 0.2) is 0 Å². The molecule has 1 rings (SSSR count). The number of furan rings is 1. The van der Waals surface area contributed by atoms with Gasteiger partial charge in [0, 0.05) is 6.08 Å². The van der Waals surface area contributed by atoms with Crippen LogP contribution in [0, 0.1) is 11.3 Å². The second kappa shape index (κ2) is 6.58. The first-order valence-corrected chi connectivity index (χ1v) is 4.88. The maximum atomic E-state index is 12.8. The van der Waals surface area contributed by atoms with Crippen molar-refractivity contribution in [3.63, 3.8) is 0 Å². The SMILES string of the molecule is N#CC(=Cc1ccco1)C(=O)OC(F)C(F)C(F)F. The lowest BCUT2D eigenvalue weighted by molar-refractivity contribution is -0.167. The van der Waals surface area contributed by atoms with Gasteiger partial charge in [0.25, 0.3) is 12.8 Å². The number of alkyl halides is 4. The van der Waals surface area contributed by atoms with Crippen molar-refractivity contribution in [1.29, 1.82) is 5.26 Å². The van der Waals surface area contributed by atoms with Crippen molar-refractivity contribution < 1.29 is 31.5 Å². The van der Waals surface area contributed by atoms with E-state index in [0.29, 0.717) is 0 Å². The van der Waals surface area contributed by atoms with E-state index in [-0.39, 0.29) is 5.76 Å². The van der Waals surface area contributed by atoms with Gasteiger partial charge in [-0.15, -0.1) is 0 Å². The smallest absolute Gasteiger partial charge is 0.351 e. The number of esters is 1. The molecule has 1 heterocycles. The van der Waals surface area contributed by atoms with E-state index in [9.17, 15) is 22.4 Å². The Labute approximate surface area is 104 Å². The molecule has 2 atom stereocenters. The Kier molecular flexibility index (Phi) is 5.11. The molecule has 0 spiro atoms. The van der Waals surface area contributed by atoms with Gasteiger partial charge in [-0.25, -0.2) is 18.0 Å². The van der Waals surface area contributed by atoms with Crippen LogP contribution >= 0.6 is 0 Å². The minimum absolute atomic E-state index is 0.0922. The fourth-order valence-electron chi connectivity index (χ4n) is 0.998. The van der Waals surface area contributed by atoms with E-state index in [0.717, 1.165) is 6.08 Å². The van der Waals surface area contributed by atoms with Crippen LogP contribution in [0.2, 0.25) is 0 Å². The van der Waals surface area contributed by atoms with Crippen LogP contribution in [0.4, 0.5) is 17.6 Å². The average Bonchev–Trinajstić information content (AvgIpc) is 2.87. The zero-order chi connectivity index (χ0) is 14.4. The van der Waals surface area contributed by atoms with Crippen molar-refractivity contribution in [2.24, 2.45) is 0 Å². The first-order chi connectivity index (χ1) is 8.95. The van der Waals surface area contributed by atoms with Crippen LogP contribution in [0.1, 0.15) is 5.76 Å². The zero-order valence-corrected chi connectivity index (χ0v) is 9.23. The van der Waals surface area contributed by atoms with Crippen molar-refractivity contribution in [1.82, 2.24) is 0 Å². The molecule has 102 valence electrons. The topological polar surface area (TPSA) is 63.2 Å². The predicted octanol–water partition coefficient (Wildman–Crippen LogP) is 2.63. The summed E-state index contributed by atoms with van der Waals surface area (Å²) in [6, 6.07) is 4.20. The number of rotatable bonds is 5. The average molecular weight is 277 g/mol. The third-order valence-corrected chi connectivity index (χ3v) is 1.88. The summed E-state index contributed by atoms with van der Waals surface area (Å²) in [5, 5.41) is 8.63. The molecule has 0 amide bonds. The van der Waals surface area contributed by atoms with Gasteiger partial charge in [0.1, 0.15) is 17.4 Å². The second-order valence-electron chi connectivity index (χ2n) is 3.22. The third kappa shape index (κ3) is 4.13. The Hall–Kier alpha value is -2.30. The second-order valence-corrected chi connectivity index (χ2v) is 3.22. The van der Waals surface area contributed by atoms with Crippen molar-refractivity contribution in [2.75, 3.05) is 0 Å². The van der Waals surface area contributed by atoms with Crippen molar-refractivity contribution in [3.05, 3.63) is 29.7 Å².